The number of nitriles is 1. The minimum absolute atomic E-state index is 0.0753. The minimum atomic E-state index is -0.525. The largest absolute Gasteiger partial charge is 0.269 e. The van der Waals surface area contributed by atoms with Crippen molar-refractivity contribution in [2.45, 2.75) is 43.9 Å². The van der Waals surface area contributed by atoms with Gasteiger partial charge in [-0.15, -0.1) is 0 Å². The highest BCUT2D eigenvalue weighted by Gasteiger charge is 2.33. The van der Waals surface area contributed by atoms with Crippen LogP contribution in [0.4, 0.5) is 5.69 Å². The van der Waals surface area contributed by atoms with Crippen LogP contribution >= 0.6 is 0 Å². The van der Waals surface area contributed by atoms with Crippen LogP contribution in [0.25, 0.3) is 0 Å². The van der Waals surface area contributed by atoms with Gasteiger partial charge in [0.15, 0.2) is 0 Å². The van der Waals surface area contributed by atoms with Crippen LogP contribution < -0.4 is 0 Å². The van der Waals surface area contributed by atoms with Crippen LogP contribution in [0.5, 0.6) is 0 Å². The SMILES string of the molecule is N#CC1(c2cccc([N+](=O)[O-])c2)CCCCCC1. The van der Waals surface area contributed by atoms with E-state index in [4.69, 9.17) is 0 Å². The Bertz CT molecular complexity index is 483. The summed E-state index contributed by atoms with van der Waals surface area (Å²) >= 11 is 0. The maximum absolute atomic E-state index is 10.8. The van der Waals surface area contributed by atoms with E-state index >= 15 is 0 Å². The molecule has 0 unspecified atom stereocenters. The minimum Gasteiger partial charge on any atom is -0.258 e. The third-order valence-electron chi connectivity index (χ3n) is 3.78. The number of benzene rings is 1. The molecule has 94 valence electrons. The third kappa shape index (κ3) is 2.35. The van der Waals surface area contributed by atoms with Crippen LogP contribution in [0, 0.1) is 21.4 Å². The van der Waals surface area contributed by atoms with Gasteiger partial charge in [-0.3, -0.25) is 10.1 Å². The van der Waals surface area contributed by atoms with Gasteiger partial charge in [-0.05, 0) is 18.4 Å². The molecule has 1 aliphatic rings. The van der Waals surface area contributed by atoms with Crippen LogP contribution in [0.3, 0.4) is 0 Å². The summed E-state index contributed by atoms with van der Waals surface area (Å²) in [5.41, 5.74) is 0.357. The second-order valence-electron chi connectivity index (χ2n) is 4.92. The quantitative estimate of drug-likeness (QED) is 0.452. The van der Waals surface area contributed by atoms with E-state index in [0.29, 0.717) is 0 Å². The highest BCUT2D eigenvalue weighted by Crippen LogP contribution is 2.38. The molecule has 0 aliphatic heterocycles. The predicted octanol–water partition coefficient (Wildman–Crippen LogP) is 3.71. The smallest absolute Gasteiger partial charge is 0.258 e. The number of nitrogens with zero attached hydrogens (tertiary/aromatic N) is 2. The van der Waals surface area contributed by atoms with Crippen molar-refractivity contribution in [3.8, 4) is 6.07 Å². The fraction of sp³-hybridized carbons (Fsp3) is 0.500. The van der Waals surface area contributed by atoms with E-state index in [-0.39, 0.29) is 5.69 Å². The Kier molecular flexibility index (Phi) is 3.61. The molecule has 0 aromatic heterocycles. The van der Waals surface area contributed by atoms with Crippen molar-refractivity contribution >= 4 is 5.69 Å². The van der Waals surface area contributed by atoms with Crippen molar-refractivity contribution < 1.29 is 4.92 Å². The number of hydrogen-bond acceptors (Lipinski definition) is 3. The summed E-state index contributed by atoms with van der Waals surface area (Å²) in [5.74, 6) is 0. The lowest BCUT2D eigenvalue weighted by atomic mass is 9.75. The van der Waals surface area contributed by atoms with Crippen molar-refractivity contribution in [3.63, 3.8) is 0 Å². The van der Waals surface area contributed by atoms with Gasteiger partial charge in [0.2, 0.25) is 0 Å². The Morgan fingerprint density at radius 2 is 1.89 bits per heavy atom. The Morgan fingerprint density at radius 1 is 1.22 bits per heavy atom. The van der Waals surface area contributed by atoms with Gasteiger partial charge in [0.25, 0.3) is 5.69 Å². The van der Waals surface area contributed by atoms with Gasteiger partial charge in [0.05, 0.1) is 16.4 Å². The fourth-order valence-corrected chi connectivity index (χ4v) is 2.71. The molecular formula is C14H16N2O2. The number of nitro benzene ring substituents is 1. The molecule has 1 aliphatic carbocycles. The van der Waals surface area contributed by atoms with Gasteiger partial charge < -0.3 is 0 Å². The maximum atomic E-state index is 10.8. The van der Waals surface area contributed by atoms with E-state index in [0.717, 1.165) is 44.1 Å². The van der Waals surface area contributed by atoms with Gasteiger partial charge in [-0.25, -0.2) is 0 Å². The summed E-state index contributed by atoms with van der Waals surface area (Å²) in [6.07, 6.45) is 5.97. The van der Waals surface area contributed by atoms with E-state index in [2.05, 4.69) is 6.07 Å². The van der Waals surface area contributed by atoms with Crippen LogP contribution in [0.15, 0.2) is 24.3 Å². The topological polar surface area (TPSA) is 66.9 Å². The second kappa shape index (κ2) is 5.18. The van der Waals surface area contributed by atoms with Crippen molar-refractivity contribution in [3.05, 3.63) is 39.9 Å². The Balaban J connectivity index is 2.40. The van der Waals surface area contributed by atoms with Gasteiger partial charge in [-0.1, -0.05) is 37.8 Å². The first-order valence-electron chi connectivity index (χ1n) is 6.34. The standard InChI is InChI=1S/C14H16N2O2/c15-11-14(8-3-1-2-4-9-14)12-6-5-7-13(10-12)16(17)18/h5-7,10H,1-4,8-9H2. The van der Waals surface area contributed by atoms with Crippen LogP contribution in [-0.4, -0.2) is 4.92 Å². The molecule has 0 radical (unpaired) electrons. The van der Waals surface area contributed by atoms with Crippen molar-refractivity contribution in [2.75, 3.05) is 0 Å². The van der Waals surface area contributed by atoms with E-state index < -0.39 is 10.3 Å². The summed E-state index contributed by atoms with van der Waals surface area (Å²) in [6.45, 7) is 0. The molecule has 0 saturated heterocycles. The molecule has 0 bridgehead atoms. The molecule has 1 aromatic rings. The molecular weight excluding hydrogens is 228 g/mol. The van der Waals surface area contributed by atoms with Crippen LogP contribution in [0.1, 0.15) is 44.1 Å². The molecule has 0 heterocycles. The van der Waals surface area contributed by atoms with Crippen molar-refractivity contribution in [1.82, 2.24) is 0 Å². The zero-order valence-electron chi connectivity index (χ0n) is 10.3. The molecule has 1 saturated carbocycles. The molecule has 0 atom stereocenters. The Labute approximate surface area is 106 Å². The molecule has 0 amide bonds. The summed E-state index contributed by atoms with van der Waals surface area (Å²) in [5, 5.41) is 20.3. The van der Waals surface area contributed by atoms with Gasteiger partial charge >= 0.3 is 0 Å². The van der Waals surface area contributed by atoms with Gasteiger partial charge in [0.1, 0.15) is 0 Å². The first kappa shape index (κ1) is 12.6. The van der Waals surface area contributed by atoms with E-state index in [9.17, 15) is 15.4 Å². The second-order valence-corrected chi connectivity index (χ2v) is 4.92. The molecule has 4 heteroatoms. The number of nitro groups is 1. The lowest BCUT2D eigenvalue weighted by Gasteiger charge is -2.25. The number of hydrogen-bond donors (Lipinski definition) is 0. The van der Waals surface area contributed by atoms with Gasteiger partial charge in [-0.2, -0.15) is 5.26 Å². The molecule has 1 aromatic carbocycles. The molecule has 2 rings (SSSR count). The first-order valence-corrected chi connectivity index (χ1v) is 6.34. The maximum Gasteiger partial charge on any atom is 0.269 e. The average molecular weight is 244 g/mol. The summed E-state index contributed by atoms with van der Waals surface area (Å²) < 4.78 is 0. The van der Waals surface area contributed by atoms with Crippen LogP contribution in [0.2, 0.25) is 0 Å². The van der Waals surface area contributed by atoms with E-state index in [1.165, 1.54) is 6.07 Å². The molecule has 0 N–H and O–H groups in total. The number of non-ortho nitro benzene ring substituents is 1. The summed E-state index contributed by atoms with van der Waals surface area (Å²) in [4.78, 5) is 10.4. The van der Waals surface area contributed by atoms with Gasteiger partial charge in [0, 0.05) is 12.1 Å². The van der Waals surface area contributed by atoms with Crippen molar-refractivity contribution in [2.24, 2.45) is 0 Å². The number of rotatable bonds is 2. The monoisotopic (exact) mass is 244 g/mol. The average Bonchev–Trinajstić information content (AvgIpc) is 2.65. The zero-order valence-corrected chi connectivity index (χ0v) is 10.3. The fourth-order valence-electron chi connectivity index (χ4n) is 2.71. The lowest BCUT2D eigenvalue weighted by Crippen LogP contribution is -2.23. The molecule has 1 fully saturated rings. The lowest BCUT2D eigenvalue weighted by molar-refractivity contribution is -0.385. The predicted molar refractivity (Wildman–Crippen MR) is 68.1 cm³/mol. The summed E-state index contributed by atoms with van der Waals surface area (Å²) in [7, 11) is 0. The van der Waals surface area contributed by atoms with Crippen molar-refractivity contribution in [1.29, 1.82) is 5.26 Å². The normalized spacial score (nSPS) is 18.6. The zero-order chi connectivity index (χ0) is 13.0. The molecule has 18 heavy (non-hydrogen) atoms. The van der Waals surface area contributed by atoms with Crippen LogP contribution in [-0.2, 0) is 5.41 Å². The van der Waals surface area contributed by atoms with E-state index in [1.54, 1.807) is 12.1 Å². The highest BCUT2D eigenvalue weighted by atomic mass is 16.6. The molecule has 0 spiro atoms. The Morgan fingerprint density at radius 3 is 2.44 bits per heavy atom. The van der Waals surface area contributed by atoms with E-state index in [1.807, 2.05) is 6.07 Å². The Hall–Kier alpha value is -1.89. The first-order chi connectivity index (χ1) is 8.68. The summed E-state index contributed by atoms with van der Waals surface area (Å²) in [6, 6.07) is 8.99. The highest BCUT2D eigenvalue weighted by molar-refractivity contribution is 5.41. The third-order valence-corrected chi connectivity index (χ3v) is 3.78. The molecule has 4 nitrogen and oxygen atoms in total.